The number of benzene rings is 3. The van der Waals surface area contributed by atoms with Crippen LogP contribution in [0.4, 0.5) is 5.69 Å². The predicted octanol–water partition coefficient (Wildman–Crippen LogP) is 6.65. The van der Waals surface area contributed by atoms with Gasteiger partial charge in [-0.15, -0.1) is 10.2 Å². The van der Waals surface area contributed by atoms with Gasteiger partial charge in [0.05, 0.1) is 17.8 Å². The van der Waals surface area contributed by atoms with Gasteiger partial charge in [0.1, 0.15) is 28.3 Å². The lowest BCUT2D eigenvalue weighted by Gasteiger charge is -2.01. The molecule has 0 saturated carbocycles. The zero-order valence-electron chi connectivity index (χ0n) is 18.4. The van der Waals surface area contributed by atoms with Crippen molar-refractivity contribution < 1.29 is 13.9 Å². The van der Waals surface area contributed by atoms with Crippen molar-refractivity contribution in [3.63, 3.8) is 0 Å². The number of hydrogen-bond donors (Lipinski definition) is 1. The Morgan fingerprint density at radius 1 is 0.971 bits per heavy atom. The third kappa shape index (κ3) is 5.06. The number of amides is 1. The maximum atomic E-state index is 12.4. The van der Waals surface area contributed by atoms with Gasteiger partial charge in [-0.05, 0) is 78.9 Å². The molecule has 9 heteroatoms. The van der Waals surface area contributed by atoms with E-state index in [1.807, 2.05) is 24.3 Å². The molecule has 174 valence electrons. The number of fused-ring (bicyclic) bond motifs is 1. The summed E-state index contributed by atoms with van der Waals surface area (Å²) in [7, 11) is 1.61. The molecule has 2 heterocycles. The molecule has 2 aromatic heterocycles. The first-order chi connectivity index (χ1) is 17.0. The summed E-state index contributed by atoms with van der Waals surface area (Å²) in [5.74, 6) is 1.54. The molecule has 1 N–H and O–H groups in total. The summed E-state index contributed by atoms with van der Waals surface area (Å²) in [5.41, 5.74) is 3.47. The second kappa shape index (κ2) is 9.66. The van der Waals surface area contributed by atoms with Crippen LogP contribution in [0.1, 0.15) is 5.76 Å². The summed E-state index contributed by atoms with van der Waals surface area (Å²) in [6.07, 6.45) is 2.98. The van der Waals surface area contributed by atoms with Crippen LogP contribution in [0.15, 0.2) is 83.3 Å². The first kappa shape index (κ1) is 22.7. The Morgan fingerprint density at radius 3 is 2.54 bits per heavy atom. The molecule has 7 nitrogen and oxygen atoms in total. The van der Waals surface area contributed by atoms with Gasteiger partial charge in [-0.25, -0.2) is 0 Å². The highest BCUT2D eigenvalue weighted by molar-refractivity contribution is 6.36. The van der Waals surface area contributed by atoms with Crippen molar-refractivity contribution in [3.8, 4) is 22.8 Å². The lowest BCUT2D eigenvalue weighted by Crippen LogP contribution is -2.07. The molecule has 5 aromatic rings. The quantitative estimate of drug-likeness (QED) is 0.262. The van der Waals surface area contributed by atoms with Gasteiger partial charge in [-0.2, -0.15) is 4.80 Å². The standard InChI is InChI=1S/C26H18Cl2N4O3/c1-34-19-6-4-18(5-7-19)32-30-23-11-3-17(15-24(23)31-32)29-26(33)13-9-20-8-12-25(35-20)21-10-2-16(27)14-22(21)28/h2-15H,1H3,(H,29,33)/b13-9+. The number of methoxy groups -OCH3 is 1. The number of rotatable bonds is 6. The maximum Gasteiger partial charge on any atom is 0.248 e. The van der Waals surface area contributed by atoms with Crippen LogP contribution >= 0.6 is 23.2 Å². The van der Waals surface area contributed by atoms with E-state index in [1.165, 1.54) is 10.9 Å². The van der Waals surface area contributed by atoms with Gasteiger partial charge in [0.25, 0.3) is 0 Å². The van der Waals surface area contributed by atoms with Gasteiger partial charge in [0, 0.05) is 22.3 Å². The number of nitrogens with zero attached hydrogens (tertiary/aromatic N) is 3. The summed E-state index contributed by atoms with van der Waals surface area (Å²) >= 11 is 12.2. The number of hydrogen-bond acceptors (Lipinski definition) is 5. The minimum atomic E-state index is -0.311. The maximum absolute atomic E-state index is 12.4. The molecule has 5 rings (SSSR count). The highest BCUT2D eigenvalue weighted by Crippen LogP contribution is 2.31. The van der Waals surface area contributed by atoms with Gasteiger partial charge in [0.2, 0.25) is 5.91 Å². The summed E-state index contributed by atoms with van der Waals surface area (Å²) in [5, 5.41) is 12.8. The number of nitrogens with one attached hydrogen (secondary N) is 1. The molecule has 35 heavy (non-hydrogen) atoms. The molecule has 0 aliphatic heterocycles. The molecule has 0 radical (unpaired) electrons. The van der Waals surface area contributed by atoms with Crippen molar-refractivity contribution in [3.05, 3.63) is 94.7 Å². The average Bonchev–Trinajstić information content (AvgIpc) is 3.50. The van der Waals surface area contributed by atoms with Gasteiger partial charge < -0.3 is 14.5 Å². The summed E-state index contributed by atoms with van der Waals surface area (Å²) in [6, 6.07) is 21.5. The minimum absolute atomic E-state index is 0.311. The number of ether oxygens (including phenoxy) is 1. The smallest absolute Gasteiger partial charge is 0.248 e. The Hall–Kier alpha value is -4.07. The fourth-order valence-corrected chi connectivity index (χ4v) is 3.94. The number of carbonyl (C=O) groups excluding carboxylic acids is 1. The Balaban J connectivity index is 1.27. The number of halogens is 2. The van der Waals surface area contributed by atoms with Crippen LogP contribution in [-0.4, -0.2) is 28.0 Å². The first-order valence-corrected chi connectivity index (χ1v) is 11.3. The average molecular weight is 505 g/mol. The molecule has 0 atom stereocenters. The van der Waals surface area contributed by atoms with Crippen molar-refractivity contribution in [2.75, 3.05) is 12.4 Å². The summed E-state index contributed by atoms with van der Waals surface area (Å²) in [6.45, 7) is 0. The number of anilines is 1. The van der Waals surface area contributed by atoms with Crippen LogP contribution in [0.2, 0.25) is 10.0 Å². The summed E-state index contributed by atoms with van der Waals surface area (Å²) in [4.78, 5) is 14.0. The topological polar surface area (TPSA) is 82.2 Å². The lowest BCUT2D eigenvalue weighted by atomic mass is 10.2. The Bertz CT molecular complexity index is 1550. The minimum Gasteiger partial charge on any atom is -0.497 e. The zero-order chi connectivity index (χ0) is 24.4. The summed E-state index contributed by atoms with van der Waals surface area (Å²) < 4.78 is 11.0. The van der Waals surface area contributed by atoms with Gasteiger partial charge in [-0.3, -0.25) is 4.79 Å². The number of furan rings is 1. The first-order valence-electron chi connectivity index (χ1n) is 10.5. The molecular formula is C26H18Cl2N4O3. The van der Waals surface area contributed by atoms with E-state index in [9.17, 15) is 4.79 Å². The molecule has 0 aliphatic carbocycles. The van der Waals surface area contributed by atoms with E-state index in [0.29, 0.717) is 38.3 Å². The fourth-order valence-electron chi connectivity index (χ4n) is 3.44. The second-order valence-corrected chi connectivity index (χ2v) is 8.38. The van der Waals surface area contributed by atoms with Crippen molar-refractivity contribution >= 4 is 51.9 Å². The van der Waals surface area contributed by atoms with Crippen molar-refractivity contribution in [2.45, 2.75) is 0 Å². The number of carbonyl (C=O) groups is 1. The van der Waals surface area contributed by atoms with E-state index < -0.39 is 0 Å². The van der Waals surface area contributed by atoms with Crippen LogP contribution in [0, 0.1) is 0 Å². The van der Waals surface area contributed by atoms with Gasteiger partial charge >= 0.3 is 0 Å². The Kier molecular flexibility index (Phi) is 6.27. The molecule has 3 aromatic carbocycles. The van der Waals surface area contributed by atoms with Crippen LogP contribution in [0.5, 0.6) is 5.75 Å². The molecule has 0 saturated heterocycles. The monoisotopic (exact) mass is 504 g/mol. The SMILES string of the molecule is COc1ccc(-n2nc3ccc(NC(=O)/C=C/c4ccc(-c5ccc(Cl)cc5Cl)o4)cc3n2)cc1. The van der Waals surface area contributed by atoms with Gasteiger partial charge in [0.15, 0.2) is 0 Å². The van der Waals surface area contributed by atoms with E-state index in [-0.39, 0.29) is 5.91 Å². The predicted molar refractivity (Wildman–Crippen MR) is 137 cm³/mol. The van der Waals surface area contributed by atoms with Crippen LogP contribution in [-0.2, 0) is 4.79 Å². The normalized spacial score (nSPS) is 11.3. The van der Waals surface area contributed by atoms with E-state index in [2.05, 4.69) is 15.5 Å². The largest absolute Gasteiger partial charge is 0.497 e. The molecular weight excluding hydrogens is 487 g/mol. The van der Waals surface area contributed by atoms with Crippen LogP contribution < -0.4 is 10.1 Å². The van der Waals surface area contributed by atoms with E-state index in [1.54, 1.807) is 61.7 Å². The zero-order valence-corrected chi connectivity index (χ0v) is 19.9. The van der Waals surface area contributed by atoms with Gasteiger partial charge in [-0.1, -0.05) is 23.2 Å². The lowest BCUT2D eigenvalue weighted by molar-refractivity contribution is -0.111. The van der Waals surface area contributed by atoms with Crippen LogP contribution in [0.3, 0.4) is 0 Å². The van der Waals surface area contributed by atoms with E-state index in [0.717, 1.165) is 17.0 Å². The Morgan fingerprint density at radius 2 is 1.77 bits per heavy atom. The highest BCUT2D eigenvalue weighted by Gasteiger charge is 2.10. The third-order valence-corrected chi connectivity index (χ3v) is 5.72. The van der Waals surface area contributed by atoms with Crippen molar-refractivity contribution in [2.24, 2.45) is 0 Å². The molecule has 0 bridgehead atoms. The molecule has 0 unspecified atom stereocenters. The highest BCUT2D eigenvalue weighted by atomic mass is 35.5. The van der Waals surface area contributed by atoms with E-state index in [4.69, 9.17) is 32.4 Å². The molecule has 0 fully saturated rings. The van der Waals surface area contributed by atoms with Crippen molar-refractivity contribution in [1.29, 1.82) is 0 Å². The van der Waals surface area contributed by atoms with Crippen molar-refractivity contribution in [1.82, 2.24) is 15.0 Å². The molecule has 0 spiro atoms. The third-order valence-electron chi connectivity index (χ3n) is 5.17. The Labute approximate surface area is 210 Å². The molecule has 0 aliphatic rings. The molecule has 1 amide bonds. The van der Waals surface area contributed by atoms with Crippen LogP contribution in [0.25, 0.3) is 34.1 Å². The fraction of sp³-hybridized carbons (Fsp3) is 0.0385. The van der Waals surface area contributed by atoms with E-state index >= 15 is 0 Å². The number of aromatic nitrogens is 3. The second-order valence-electron chi connectivity index (χ2n) is 7.54.